The summed E-state index contributed by atoms with van der Waals surface area (Å²) >= 11 is 0. The lowest BCUT2D eigenvalue weighted by Crippen LogP contribution is -2.44. The number of hydrogen-bond donors (Lipinski definition) is 2. The second kappa shape index (κ2) is 6.49. The van der Waals surface area contributed by atoms with Gasteiger partial charge >= 0.3 is 0 Å². The Morgan fingerprint density at radius 2 is 1.55 bits per heavy atom. The summed E-state index contributed by atoms with van der Waals surface area (Å²) in [5.74, 6) is 10.6. The molecule has 0 aliphatic carbocycles. The molecular formula is C14H21N4O2. The number of rotatable bonds is 4. The van der Waals surface area contributed by atoms with Crippen molar-refractivity contribution in [2.75, 3.05) is 10.0 Å². The number of carbonyl (C=O) groups excluding carboxylic acids is 2. The third kappa shape index (κ3) is 3.34. The molecule has 1 radical (unpaired) electrons. The maximum Gasteiger partial charge on any atom is 0.243 e. The van der Waals surface area contributed by atoms with Crippen LogP contribution in [0.1, 0.15) is 27.7 Å². The van der Waals surface area contributed by atoms with E-state index in [0.29, 0.717) is 5.69 Å². The second-order valence-corrected chi connectivity index (χ2v) is 5.13. The minimum Gasteiger partial charge on any atom is -0.273 e. The Hall–Kier alpha value is -1.92. The first-order chi connectivity index (χ1) is 9.27. The van der Waals surface area contributed by atoms with E-state index >= 15 is 0 Å². The third-order valence-corrected chi connectivity index (χ3v) is 2.78. The summed E-state index contributed by atoms with van der Waals surface area (Å²) in [6.07, 6.45) is 0. The van der Waals surface area contributed by atoms with Gasteiger partial charge in [-0.15, -0.1) is 0 Å². The molecule has 0 unspecified atom stereocenters. The van der Waals surface area contributed by atoms with Gasteiger partial charge in [-0.3, -0.25) is 9.59 Å². The van der Waals surface area contributed by atoms with E-state index in [4.69, 9.17) is 11.7 Å². The van der Waals surface area contributed by atoms with Crippen LogP contribution in [-0.2, 0) is 9.59 Å². The van der Waals surface area contributed by atoms with E-state index in [-0.39, 0.29) is 29.3 Å². The normalized spacial score (nSPS) is 10.8. The maximum atomic E-state index is 12.0. The quantitative estimate of drug-likeness (QED) is 0.491. The van der Waals surface area contributed by atoms with Gasteiger partial charge in [0.05, 0.1) is 11.4 Å². The van der Waals surface area contributed by atoms with Crippen molar-refractivity contribution in [3.63, 3.8) is 0 Å². The molecule has 109 valence electrons. The van der Waals surface area contributed by atoms with Crippen LogP contribution >= 0.6 is 0 Å². The van der Waals surface area contributed by atoms with Crippen molar-refractivity contribution < 1.29 is 9.59 Å². The minimum absolute atomic E-state index is 0.264. The van der Waals surface area contributed by atoms with Crippen LogP contribution in [0.15, 0.2) is 18.2 Å². The maximum absolute atomic E-state index is 12.0. The molecule has 1 aromatic rings. The van der Waals surface area contributed by atoms with E-state index in [1.165, 1.54) is 0 Å². The Morgan fingerprint density at radius 1 is 1.05 bits per heavy atom. The fraction of sp³-hybridized carbons (Fsp3) is 0.429. The van der Waals surface area contributed by atoms with Crippen LogP contribution in [0.5, 0.6) is 0 Å². The zero-order valence-corrected chi connectivity index (χ0v) is 12.3. The van der Waals surface area contributed by atoms with Crippen LogP contribution in [0.3, 0.4) is 0 Å². The van der Waals surface area contributed by atoms with Gasteiger partial charge in [0.15, 0.2) is 0 Å². The lowest BCUT2D eigenvalue weighted by Gasteiger charge is -2.26. The molecule has 0 bridgehead atoms. The Balaban J connectivity index is 3.17. The fourth-order valence-corrected chi connectivity index (χ4v) is 1.59. The van der Waals surface area contributed by atoms with Gasteiger partial charge < -0.3 is 0 Å². The van der Waals surface area contributed by atoms with E-state index in [2.05, 4.69) is 6.07 Å². The molecule has 0 atom stereocenters. The Bertz CT molecular complexity index is 455. The van der Waals surface area contributed by atoms with Crippen LogP contribution in [0, 0.1) is 17.9 Å². The first kappa shape index (κ1) is 16.1. The summed E-state index contributed by atoms with van der Waals surface area (Å²) in [6.45, 7) is 6.97. The molecule has 6 nitrogen and oxygen atoms in total. The van der Waals surface area contributed by atoms with Crippen LogP contribution < -0.4 is 21.7 Å². The van der Waals surface area contributed by atoms with Crippen molar-refractivity contribution in [3.05, 3.63) is 24.3 Å². The summed E-state index contributed by atoms with van der Waals surface area (Å²) < 4.78 is 0. The molecule has 4 N–H and O–H groups in total. The Kier molecular flexibility index (Phi) is 5.24. The number of hydrazine groups is 2. The highest BCUT2D eigenvalue weighted by Gasteiger charge is 2.23. The molecule has 0 saturated heterocycles. The molecule has 2 amide bonds. The summed E-state index contributed by atoms with van der Waals surface area (Å²) in [5.41, 5.74) is 0.630. The Morgan fingerprint density at radius 3 is 2.05 bits per heavy atom. The van der Waals surface area contributed by atoms with Crippen LogP contribution in [0.2, 0.25) is 0 Å². The van der Waals surface area contributed by atoms with Crippen molar-refractivity contribution in [2.24, 2.45) is 23.5 Å². The second-order valence-electron chi connectivity index (χ2n) is 5.13. The minimum atomic E-state index is -0.279. The fourth-order valence-electron chi connectivity index (χ4n) is 1.59. The predicted molar refractivity (Wildman–Crippen MR) is 78.3 cm³/mol. The average Bonchev–Trinajstić information content (AvgIpc) is 2.43. The number of benzene rings is 1. The van der Waals surface area contributed by atoms with Crippen molar-refractivity contribution in [1.29, 1.82) is 0 Å². The summed E-state index contributed by atoms with van der Waals surface area (Å²) in [7, 11) is 0. The van der Waals surface area contributed by atoms with Gasteiger partial charge in [-0.1, -0.05) is 39.8 Å². The van der Waals surface area contributed by atoms with Crippen molar-refractivity contribution in [1.82, 2.24) is 0 Å². The molecule has 0 heterocycles. The summed E-state index contributed by atoms with van der Waals surface area (Å²) in [6, 6.07) is 7.77. The molecule has 1 aromatic carbocycles. The van der Waals surface area contributed by atoms with Gasteiger partial charge in [0.2, 0.25) is 11.8 Å². The monoisotopic (exact) mass is 277 g/mol. The number of carbonyl (C=O) groups is 2. The highest BCUT2D eigenvalue weighted by atomic mass is 16.2. The molecule has 0 aliphatic heterocycles. The first-order valence-electron chi connectivity index (χ1n) is 6.45. The molecule has 0 saturated carbocycles. The SMILES string of the molecule is CC(C)C(=O)N(N)c1[c]cccc1N(N)C(=O)C(C)C. The lowest BCUT2D eigenvalue weighted by atomic mass is 10.1. The molecule has 0 aromatic heterocycles. The molecule has 6 heteroatoms. The lowest BCUT2D eigenvalue weighted by molar-refractivity contribution is -0.122. The van der Waals surface area contributed by atoms with Crippen LogP contribution in [-0.4, -0.2) is 11.8 Å². The van der Waals surface area contributed by atoms with Gasteiger partial charge in [-0.05, 0) is 6.07 Å². The number of para-hydroxylation sites is 1. The highest BCUT2D eigenvalue weighted by molar-refractivity contribution is 6.01. The highest BCUT2D eigenvalue weighted by Crippen LogP contribution is 2.27. The van der Waals surface area contributed by atoms with Gasteiger partial charge in [0.25, 0.3) is 0 Å². The summed E-state index contributed by atoms with van der Waals surface area (Å²) in [5, 5.41) is 1.98. The van der Waals surface area contributed by atoms with E-state index in [0.717, 1.165) is 10.0 Å². The van der Waals surface area contributed by atoms with E-state index in [9.17, 15) is 9.59 Å². The van der Waals surface area contributed by atoms with E-state index in [1.54, 1.807) is 45.9 Å². The van der Waals surface area contributed by atoms with Crippen LogP contribution in [0.25, 0.3) is 0 Å². The summed E-state index contributed by atoms with van der Waals surface area (Å²) in [4.78, 5) is 23.9. The van der Waals surface area contributed by atoms with Gasteiger partial charge in [0.1, 0.15) is 0 Å². The molecular weight excluding hydrogens is 256 g/mol. The molecule has 20 heavy (non-hydrogen) atoms. The van der Waals surface area contributed by atoms with Crippen LogP contribution in [0.4, 0.5) is 11.4 Å². The number of nitrogens with zero attached hydrogens (tertiary/aromatic N) is 2. The predicted octanol–water partition coefficient (Wildman–Crippen LogP) is 1.21. The van der Waals surface area contributed by atoms with Crippen molar-refractivity contribution in [3.8, 4) is 0 Å². The largest absolute Gasteiger partial charge is 0.273 e. The zero-order chi connectivity index (χ0) is 15.4. The van der Waals surface area contributed by atoms with Gasteiger partial charge in [-0.25, -0.2) is 21.7 Å². The standard InChI is InChI=1S/C14H21N4O2/c1-9(2)13(19)17(15)11-7-5-6-8-12(11)18(16)14(20)10(3)4/h5-7,9-10H,15-16H2,1-4H3. The number of nitrogens with two attached hydrogens (primary N) is 2. The third-order valence-electron chi connectivity index (χ3n) is 2.78. The Labute approximate surface area is 119 Å². The van der Waals surface area contributed by atoms with Crippen molar-refractivity contribution >= 4 is 23.2 Å². The van der Waals surface area contributed by atoms with E-state index in [1.807, 2.05) is 0 Å². The topological polar surface area (TPSA) is 92.7 Å². The molecule has 0 fully saturated rings. The number of amides is 2. The number of anilines is 2. The molecule has 0 spiro atoms. The van der Waals surface area contributed by atoms with Gasteiger partial charge in [-0.2, -0.15) is 0 Å². The zero-order valence-electron chi connectivity index (χ0n) is 12.3. The van der Waals surface area contributed by atoms with Gasteiger partial charge in [0, 0.05) is 17.9 Å². The smallest absolute Gasteiger partial charge is 0.243 e. The first-order valence-corrected chi connectivity index (χ1v) is 6.45. The average molecular weight is 277 g/mol. The van der Waals surface area contributed by atoms with E-state index < -0.39 is 0 Å². The van der Waals surface area contributed by atoms with Crippen molar-refractivity contribution in [2.45, 2.75) is 27.7 Å². The molecule has 1 rings (SSSR count). The molecule has 0 aliphatic rings. The number of hydrogen-bond acceptors (Lipinski definition) is 4.